The van der Waals surface area contributed by atoms with Gasteiger partial charge in [0.15, 0.2) is 0 Å². The predicted octanol–water partition coefficient (Wildman–Crippen LogP) is -0.705. The first-order valence-electron chi connectivity index (χ1n) is 0.575. The van der Waals surface area contributed by atoms with E-state index in [1.54, 1.807) is 0 Å². The fourth-order valence-corrected chi connectivity index (χ4v) is 0. The Hall–Kier alpha value is -0.132. The maximum atomic E-state index is 8.33. The molecule has 0 radical (unpaired) electrons. The van der Waals surface area contributed by atoms with Gasteiger partial charge in [-0.05, 0) is 0 Å². The van der Waals surface area contributed by atoms with Gasteiger partial charge in [-0.3, -0.25) is 0 Å². The molecule has 0 amide bonds. The summed E-state index contributed by atoms with van der Waals surface area (Å²) in [4.78, 5) is 16.2. The minimum atomic E-state index is 0.250. The molecule has 0 fully saturated rings. The van der Waals surface area contributed by atoms with Crippen molar-refractivity contribution < 1.29 is 32.8 Å². The normalized spacial score (nSPS) is 2.40. The fourth-order valence-electron chi connectivity index (χ4n) is 0. The molecule has 0 aromatic rings. The van der Waals surface area contributed by atoms with Crippen LogP contribution in [0.5, 0.6) is 0 Å². The van der Waals surface area contributed by atoms with E-state index in [0.29, 0.717) is 19.8 Å². The molecule has 0 atom stereocenters. The van der Waals surface area contributed by atoms with Crippen molar-refractivity contribution in [2.24, 2.45) is 0 Å². The molecule has 0 aliphatic rings. The van der Waals surface area contributed by atoms with E-state index in [-0.39, 0.29) is 6.15 Å². The van der Waals surface area contributed by atoms with Crippen LogP contribution in [-0.2, 0) is 32.8 Å². The van der Waals surface area contributed by atoms with Gasteiger partial charge in [0, 0.05) is 0 Å². The quantitative estimate of drug-likeness (QED) is 0.565. The van der Waals surface area contributed by atoms with Crippen LogP contribution in [0.15, 0.2) is 0 Å². The molecule has 0 saturated carbocycles. The van der Waals surface area contributed by atoms with Crippen LogP contribution in [0.1, 0.15) is 0 Å². The molecule has 0 bridgehead atoms. The summed E-state index contributed by atoms with van der Waals surface area (Å²) in [6, 6.07) is 0. The SMILES string of the molecule is O=C=O.[O]=[W]. The van der Waals surface area contributed by atoms with Crippen LogP contribution in [0.25, 0.3) is 0 Å². The molecule has 0 aromatic carbocycles. The summed E-state index contributed by atoms with van der Waals surface area (Å²) >= 11 is 0.333. The molecule has 0 unspecified atom stereocenters. The molecular formula is CO3W. The summed E-state index contributed by atoms with van der Waals surface area (Å²) in [6.07, 6.45) is 0.250. The zero-order valence-electron chi connectivity index (χ0n) is 2.13. The number of rotatable bonds is 0. The topological polar surface area (TPSA) is 51.2 Å². The Morgan fingerprint density at radius 2 is 1.20 bits per heavy atom. The maximum absolute atomic E-state index is 8.33. The van der Waals surface area contributed by atoms with Gasteiger partial charge in [-0.1, -0.05) is 0 Å². The van der Waals surface area contributed by atoms with Crippen LogP contribution in [0, 0.1) is 0 Å². The first-order chi connectivity index (χ1) is 2.41. The molecule has 4 heteroatoms. The molecular weight excluding hydrogens is 244 g/mol. The van der Waals surface area contributed by atoms with Crippen molar-refractivity contribution in [3.05, 3.63) is 0 Å². The molecule has 0 heterocycles. The summed E-state index contributed by atoms with van der Waals surface area (Å²) in [5, 5.41) is 0. The zero-order chi connectivity index (χ0) is 4.71. The van der Waals surface area contributed by atoms with Crippen molar-refractivity contribution in [2.75, 3.05) is 0 Å². The number of hydrogen-bond donors (Lipinski definition) is 0. The molecule has 0 aromatic heterocycles. The third-order valence-electron chi connectivity index (χ3n) is 0. The molecule has 0 saturated heterocycles. The van der Waals surface area contributed by atoms with Crippen LogP contribution in [0.3, 0.4) is 0 Å². The predicted molar refractivity (Wildman–Crippen MR) is 5.69 cm³/mol. The second-order valence-corrected chi connectivity index (χ2v) is 0.0833. The van der Waals surface area contributed by atoms with Crippen molar-refractivity contribution in [3.8, 4) is 0 Å². The van der Waals surface area contributed by atoms with Gasteiger partial charge in [-0.25, -0.2) is 0 Å². The van der Waals surface area contributed by atoms with Crippen LogP contribution in [-0.4, -0.2) is 6.15 Å². The first kappa shape index (κ1) is 8.85. The molecule has 3 nitrogen and oxygen atoms in total. The monoisotopic (exact) mass is 244 g/mol. The second kappa shape index (κ2) is 42.2. The van der Waals surface area contributed by atoms with Crippen molar-refractivity contribution in [3.63, 3.8) is 0 Å². The van der Waals surface area contributed by atoms with Crippen molar-refractivity contribution >= 4 is 6.15 Å². The van der Waals surface area contributed by atoms with Crippen molar-refractivity contribution in [2.45, 2.75) is 0 Å². The van der Waals surface area contributed by atoms with Gasteiger partial charge in [0.1, 0.15) is 0 Å². The van der Waals surface area contributed by atoms with Gasteiger partial charge in [-0.2, -0.15) is 9.59 Å². The van der Waals surface area contributed by atoms with Crippen molar-refractivity contribution in [1.29, 1.82) is 0 Å². The van der Waals surface area contributed by atoms with E-state index in [9.17, 15) is 0 Å². The summed E-state index contributed by atoms with van der Waals surface area (Å²) in [5.74, 6) is 0. The molecule has 5 heavy (non-hydrogen) atoms. The molecule has 28 valence electrons. The Labute approximate surface area is 39.6 Å². The van der Waals surface area contributed by atoms with Crippen molar-refractivity contribution in [1.82, 2.24) is 0 Å². The molecule has 0 spiro atoms. The molecule has 0 N–H and O–H groups in total. The van der Waals surface area contributed by atoms with Gasteiger partial charge in [0.05, 0.1) is 0 Å². The van der Waals surface area contributed by atoms with Crippen LogP contribution >= 0.6 is 0 Å². The van der Waals surface area contributed by atoms with Gasteiger partial charge in [-0.15, -0.1) is 0 Å². The van der Waals surface area contributed by atoms with E-state index >= 15 is 0 Å². The Morgan fingerprint density at radius 1 is 1.20 bits per heavy atom. The summed E-state index contributed by atoms with van der Waals surface area (Å²) in [7, 11) is 0. The van der Waals surface area contributed by atoms with Gasteiger partial charge in [0.25, 0.3) is 0 Å². The molecule has 0 aliphatic heterocycles. The minimum absolute atomic E-state index is 0.250. The Morgan fingerprint density at radius 3 is 1.20 bits per heavy atom. The van der Waals surface area contributed by atoms with E-state index in [0.717, 1.165) is 0 Å². The third-order valence-corrected chi connectivity index (χ3v) is 0. The van der Waals surface area contributed by atoms with Gasteiger partial charge in [0.2, 0.25) is 0 Å². The van der Waals surface area contributed by atoms with Crippen LogP contribution in [0.2, 0.25) is 0 Å². The van der Waals surface area contributed by atoms with Gasteiger partial charge >= 0.3 is 29.3 Å². The Kier molecular flexibility index (Phi) is 74.8. The summed E-state index contributed by atoms with van der Waals surface area (Å²) < 4.78 is 8.33. The number of hydrogen-bond acceptors (Lipinski definition) is 3. The fraction of sp³-hybridized carbons (Fsp3) is 0. The molecule has 0 rings (SSSR count). The standard InChI is InChI=1S/CO2.O.W/c2-1-3;;. The van der Waals surface area contributed by atoms with Crippen LogP contribution < -0.4 is 0 Å². The number of carbonyl (C=O) groups excluding carboxylic acids is 2. The van der Waals surface area contributed by atoms with Gasteiger partial charge < -0.3 is 0 Å². The Bertz CT molecular complexity index is 36.2. The average Bonchev–Trinajstić information content (AvgIpc) is 1.46. The van der Waals surface area contributed by atoms with Crippen LogP contribution in [0.4, 0.5) is 0 Å². The zero-order valence-corrected chi connectivity index (χ0v) is 5.07. The Balaban J connectivity index is 0. The van der Waals surface area contributed by atoms with E-state index in [1.807, 2.05) is 0 Å². The third kappa shape index (κ3) is 779. The van der Waals surface area contributed by atoms with E-state index < -0.39 is 0 Å². The second-order valence-electron chi connectivity index (χ2n) is 0.0833. The summed E-state index contributed by atoms with van der Waals surface area (Å²) in [6.45, 7) is 0. The summed E-state index contributed by atoms with van der Waals surface area (Å²) in [5.41, 5.74) is 0. The van der Waals surface area contributed by atoms with E-state index in [4.69, 9.17) is 13.0 Å². The van der Waals surface area contributed by atoms with E-state index in [2.05, 4.69) is 0 Å². The molecule has 0 aliphatic carbocycles. The van der Waals surface area contributed by atoms with E-state index in [1.165, 1.54) is 0 Å². The first-order valence-corrected chi connectivity index (χ1v) is 1.77. The average molecular weight is 244 g/mol.